The Bertz CT molecular complexity index is 1440. The number of nitrogens with two attached hydrogens (primary N) is 1. The van der Waals surface area contributed by atoms with E-state index in [2.05, 4.69) is 10.6 Å². The number of nitrogens with zero attached hydrogens (tertiary/aromatic N) is 1. The second-order valence-corrected chi connectivity index (χ2v) is 12.5. The van der Waals surface area contributed by atoms with E-state index in [4.69, 9.17) is 29.8 Å². The van der Waals surface area contributed by atoms with Crippen molar-refractivity contribution in [2.45, 2.75) is 71.1 Å². The van der Waals surface area contributed by atoms with Crippen LogP contribution in [0.5, 0.6) is 0 Å². The Hall–Kier alpha value is -4.32. The second-order valence-electron chi connectivity index (χ2n) is 12.5. The number of methoxy groups -OCH3 is 2. The number of primary amides is 1. The fourth-order valence-electron chi connectivity index (χ4n) is 5.18. The number of hydrogen-bond donors (Lipinski definition) is 5. The topological polar surface area (TPSA) is 207 Å². The van der Waals surface area contributed by atoms with E-state index in [-0.39, 0.29) is 34.9 Å². The molecule has 0 spiro atoms. The van der Waals surface area contributed by atoms with Crippen LogP contribution in [0.4, 0.5) is 18.0 Å². The summed E-state index contributed by atoms with van der Waals surface area (Å²) in [5, 5.41) is 24.1. The summed E-state index contributed by atoms with van der Waals surface area (Å²) in [5.41, 5.74) is 6.55. The molecule has 2 aliphatic rings. The summed E-state index contributed by atoms with van der Waals surface area (Å²) in [5.74, 6) is -4.82. The molecule has 2 bridgehead atoms. The molecule has 1 heterocycles. The number of allylic oxidation sites excluding steroid dienone is 4. The molecule has 2 amide bonds. The van der Waals surface area contributed by atoms with Crippen LogP contribution in [0, 0.1) is 11.8 Å². The Kier molecular flexibility index (Phi) is 18.0. The molecule has 1 aliphatic heterocycles. The number of aliphatic hydroxyl groups is 1. The molecule has 6 atom stereocenters. The van der Waals surface area contributed by atoms with Gasteiger partial charge in [-0.1, -0.05) is 38.2 Å². The zero-order valence-electron chi connectivity index (χ0n) is 30.0. The Labute approximate surface area is 295 Å². The average Bonchev–Trinajstić information content (AvgIpc) is 3.03. The van der Waals surface area contributed by atoms with E-state index in [9.17, 15) is 37.5 Å². The third kappa shape index (κ3) is 14.4. The first-order valence-electron chi connectivity index (χ1n) is 15.9. The van der Waals surface area contributed by atoms with Crippen molar-refractivity contribution in [3.05, 3.63) is 58.5 Å². The number of Topliss-reactive ketones (excluding diaryl/α,β-unsaturated/α-hetero) is 1. The fourth-order valence-corrected chi connectivity index (χ4v) is 5.18. The van der Waals surface area contributed by atoms with Gasteiger partial charge >= 0.3 is 18.2 Å². The molecule has 14 nitrogen and oxygen atoms in total. The molecule has 0 saturated carbocycles. The van der Waals surface area contributed by atoms with Gasteiger partial charge in [0.05, 0.1) is 23.6 Å². The molecule has 0 fully saturated rings. The normalized spacial score (nSPS) is 28.3. The summed E-state index contributed by atoms with van der Waals surface area (Å²) in [6.07, 6.45) is -1.20. The van der Waals surface area contributed by atoms with Crippen LogP contribution in [0.25, 0.3) is 0 Å². The number of rotatable bonds is 7. The number of amides is 2. The van der Waals surface area contributed by atoms with Gasteiger partial charge in [-0.15, -0.1) is 0 Å². The smallest absolute Gasteiger partial charge is 0.475 e. The van der Waals surface area contributed by atoms with Crippen molar-refractivity contribution in [3.63, 3.8) is 0 Å². The van der Waals surface area contributed by atoms with Gasteiger partial charge in [0.2, 0.25) is 11.6 Å². The minimum absolute atomic E-state index is 0.114. The standard InChI is InChI=1S/C32H48N4O8.C2HF3O2/c1-18-14-22-27(34-12-13-36(5)6)24(37)17-23(29(22)39)35-31(40)19(2)10-9-11-25(42-7)30(44-32(33)41)21(4)16-20(3)28(38)26(15-18)43-8;3-2(4,5)1(6)7/h9-11,16-18,20,25-26,28,30,34,38H,12-15H2,1-8H3,(H2,33,41)(H,35,40);(H,6,7)/b11-9-,19-10+,21-16+;/t18-,20+,25?,26+,28-,30+;/m1./s1. The van der Waals surface area contributed by atoms with Crippen molar-refractivity contribution < 1.29 is 61.6 Å². The van der Waals surface area contributed by atoms with Crippen LogP contribution in [0.3, 0.4) is 0 Å². The SMILES string of the molecule is COC1/C=C\C=C(/C)C(=O)NC2=CC(=O)C(NCCN(C)C)=C(C[C@@H](C)C[C@H](OC)[C@H](O)[C@@H](C)/C=C(\C)[C@@H]1OC(N)=O)C2=O.O=C(O)C(F)(F)F. The fraction of sp³-hybridized carbons (Fsp3) is 0.559. The van der Waals surface area contributed by atoms with Crippen molar-refractivity contribution in [2.75, 3.05) is 41.4 Å². The molecular formula is C34H49F3N4O10. The number of alkyl halides is 3. The molecule has 17 heteroatoms. The zero-order chi connectivity index (χ0) is 39.2. The predicted molar refractivity (Wildman–Crippen MR) is 180 cm³/mol. The van der Waals surface area contributed by atoms with Gasteiger partial charge in [-0.25, -0.2) is 9.59 Å². The number of ketones is 2. The summed E-state index contributed by atoms with van der Waals surface area (Å²) in [7, 11) is 6.74. The van der Waals surface area contributed by atoms with Gasteiger partial charge < -0.3 is 45.7 Å². The Morgan fingerprint density at radius 3 is 2.24 bits per heavy atom. The maximum atomic E-state index is 13.7. The van der Waals surface area contributed by atoms with Gasteiger partial charge in [0, 0.05) is 50.4 Å². The largest absolute Gasteiger partial charge is 0.490 e. The lowest BCUT2D eigenvalue weighted by atomic mass is 9.85. The Morgan fingerprint density at radius 1 is 1.12 bits per heavy atom. The number of nitrogens with one attached hydrogen (secondary N) is 2. The van der Waals surface area contributed by atoms with Gasteiger partial charge in [0.1, 0.15) is 6.10 Å². The lowest BCUT2D eigenvalue weighted by Gasteiger charge is -2.30. The summed E-state index contributed by atoms with van der Waals surface area (Å²) in [6, 6.07) is 0. The van der Waals surface area contributed by atoms with Crippen molar-refractivity contribution in [3.8, 4) is 0 Å². The number of halogens is 3. The van der Waals surface area contributed by atoms with Crippen LogP contribution in [-0.2, 0) is 33.4 Å². The van der Waals surface area contributed by atoms with Gasteiger partial charge in [-0.3, -0.25) is 14.4 Å². The number of ether oxygens (including phenoxy) is 3. The lowest BCUT2D eigenvalue weighted by Crippen LogP contribution is -2.38. The van der Waals surface area contributed by atoms with E-state index < -0.39 is 66.0 Å². The van der Waals surface area contributed by atoms with Gasteiger partial charge in [0.25, 0.3) is 5.91 Å². The average molecular weight is 731 g/mol. The highest BCUT2D eigenvalue weighted by atomic mass is 19.4. The molecule has 51 heavy (non-hydrogen) atoms. The van der Waals surface area contributed by atoms with Crippen molar-refractivity contribution in [1.82, 2.24) is 15.5 Å². The maximum absolute atomic E-state index is 13.7. The number of hydrogen-bond acceptors (Lipinski definition) is 11. The highest BCUT2D eigenvalue weighted by Crippen LogP contribution is 2.29. The number of carboxylic acid groups (broad SMARTS) is 1. The first kappa shape index (κ1) is 44.7. The van der Waals surface area contributed by atoms with E-state index in [1.165, 1.54) is 20.3 Å². The third-order valence-corrected chi connectivity index (χ3v) is 7.90. The molecule has 0 radical (unpaired) electrons. The van der Waals surface area contributed by atoms with E-state index in [1.54, 1.807) is 32.1 Å². The van der Waals surface area contributed by atoms with Crippen LogP contribution in [0.15, 0.2) is 58.5 Å². The Balaban J connectivity index is 0.00000167. The number of aliphatic hydroxyl groups excluding tert-OH is 1. The summed E-state index contributed by atoms with van der Waals surface area (Å²) in [6.45, 7) is 8.09. The number of aliphatic carboxylic acids is 1. The molecule has 0 aromatic carbocycles. The summed E-state index contributed by atoms with van der Waals surface area (Å²) in [4.78, 5) is 62.6. The van der Waals surface area contributed by atoms with Crippen LogP contribution in [0.1, 0.15) is 40.5 Å². The molecule has 0 saturated heterocycles. The van der Waals surface area contributed by atoms with Crippen LogP contribution in [-0.4, -0.2) is 117 Å². The van der Waals surface area contributed by atoms with Crippen LogP contribution < -0.4 is 16.4 Å². The zero-order valence-corrected chi connectivity index (χ0v) is 30.0. The molecular weight excluding hydrogens is 681 g/mol. The van der Waals surface area contributed by atoms with Crippen molar-refractivity contribution >= 4 is 29.5 Å². The highest BCUT2D eigenvalue weighted by Gasteiger charge is 2.38. The number of carboxylic acids is 1. The van der Waals surface area contributed by atoms with E-state index in [1.807, 2.05) is 32.8 Å². The Morgan fingerprint density at radius 2 is 1.73 bits per heavy atom. The van der Waals surface area contributed by atoms with Gasteiger partial charge in [-0.05, 0) is 52.3 Å². The van der Waals surface area contributed by atoms with Gasteiger partial charge in [-0.2, -0.15) is 13.2 Å². The molecule has 0 aromatic rings. The molecule has 6 N–H and O–H groups in total. The monoisotopic (exact) mass is 730 g/mol. The van der Waals surface area contributed by atoms with E-state index in [0.29, 0.717) is 25.1 Å². The van der Waals surface area contributed by atoms with Crippen molar-refractivity contribution in [1.29, 1.82) is 0 Å². The molecule has 0 aromatic heterocycles. The lowest BCUT2D eigenvalue weighted by molar-refractivity contribution is -0.192. The second kappa shape index (κ2) is 20.5. The molecule has 2 rings (SSSR count). The number of carbonyl (C=O) groups excluding carboxylic acids is 4. The van der Waals surface area contributed by atoms with E-state index in [0.717, 1.165) is 6.08 Å². The molecule has 1 aliphatic carbocycles. The summed E-state index contributed by atoms with van der Waals surface area (Å²) >= 11 is 0. The third-order valence-electron chi connectivity index (χ3n) is 7.90. The van der Waals surface area contributed by atoms with Gasteiger partial charge in [0.15, 0.2) is 6.10 Å². The number of fused-ring (bicyclic) bond motifs is 2. The van der Waals surface area contributed by atoms with Crippen molar-refractivity contribution in [2.24, 2.45) is 17.6 Å². The maximum Gasteiger partial charge on any atom is 0.490 e. The summed E-state index contributed by atoms with van der Waals surface area (Å²) < 4.78 is 48.4. The van der Waals surface area contributed by atoms with Crippen LogP contribution in [0.2, 0.25) is 0 Å². The first-order chi connectivity index (χ1) is 23.6. The minimum atomic E-state index is -5.08. The highest BCUT2D eigenvalue weighted by molar-refractivity contribution is 6.23. The molecule has 1 unspecified atom stereocenters. The number of likely N-dealkylation sites (N-methyl/N-ethyl adjacent to an activating group) is 1. The quantitative estimate of drug-likeness (QED) is 0.189. The first-order valence-corrected chi connectivity index (χ1v) is 15.9. The number of carbonyl (C=O) groups is 5. The van der Waals surface area contributed by atoms with E-state index >= 15 is 0 Å². The minimum Gasteiger partial charge on any atom is -0.475 e. The predicted octanol–water partition coefficient (Wildman–Crippen LogP) is 2.55. The molecule has 286 valence electrons. The van der Waals surface area contributed by atoms with Crippen LogP contribution >= 0.6 is 0 Å².